The van der Waals surface area contributed by atoms with Crippen molar-refractivity contribution in [3.05, 3.63) is 56.5 Å². The van der Waals surface area contributed by atoms with Crippen molar-refractivity contribution >= 4 is 40.8 Å². The summed E-state index contributed by atoms with van der Waals surface area (Å²) in [6, 6.07) is 8.20. The lowest BCUT2D eigenvalue weighted by atomic mass is 10.2. The molecule has 128 valence electrons. The second-order valence-electron chi connectivity index (χ2n) is 4.75. The van der Waals surface area contributed by atoms with Crippen LogP contribution in [0.2, 0.25) is 15.1 Å². The number of rotatable bonds is 6. The first-order valence-electron chi connectivity index (χ1n) is 7.07. The van der Waals surface area contributed by atoms with E-state index < -0.39 is 5.97 Å². The van der Waals surface area contributed by atoms with E-state index in [1.54, 1.807) is 18.2 Å². The van der Waals surface area contributed by atoms with E-state index in [1.807, 2.05) is 6.92 Å². The fraction of sp³-hybridized carbons (Fsp3) is 0.235. The van der Waals surface area contributed by atoms with E-state index in [2.05, 4.69) is 0 Å². The molecule has 2 rings (SSSR count). The summed E-state index contributed by atoms with van der Waals surface area (Å²) < 4.78 is 16.0. The molecule has 0 bridgehead atoms. The Hall–Kier alpha value is -1.62. The van der Waals surface area contributed by atoms with E-state index in [-0.39, 0.29) is 17.2 Å². The molecule has 0 atom stereocenters. The molecule has 2 aromatic rings. The smallest absolute Gasteiger partial charge is 0.338 e. The maximum Gasteiger partial charge on any atom is 0.338 e. The standard InChI is InChI=1S/C17H15Cl3O4/c1-3-23-15-8-11(17(21)22-2)7-14(20)16(15)24-9-10-4-5-12(18)13(19)6-10/h4-8H,3,9H2,1-2H3. The third kappa shape index (κ3) is 4.47. The third-order valence-corrected chi connectivity index (χ3v) is 4.12. The van der Waals surface area contributed by atoms with Crippen LogP contribution in [0.25, 0.3) is 0 Å². The maximum atomic E-state index is 11.7. The van der Waals surface area contributed by atoms with Crippen molar-refractivity contribution in [3.63, 3.8) is 0 Å². The molecule has 0 radical (unpaired) electrons. The van der Waals surface area contributed by atoms with Gasteiger partial charge >= 0.3 is 5.97 Å². The Morgan fingerprint density at radius 2 is 1.75 bits per heavy atom. The summed E-state index contributed by atoms with van der Waals surface area (Å²) in [6.07, 6.45) is 0. The molecule has 7 heteroatoms. The van der Waals surface area contributed by atoms with E-state index >= 15 is 0 Å². The SMILES string of the molecule is CCOc1cc(C(=O)OC)cc(Cl)c1OCc1ccc(Cl)c(Cl)c1. The van der Waals surface area contributed by atoms with Gasteiger partial charge in [-0.3, -0.25) is 0 Å². The fourth-order valence-electron chi connectivity index (χ4n) is 1.99. The van der Waals surface area contributed by atoms with Crippen LogP contribution < -0.4 is 9.47 Å². The van der Waals surface area contributed by atoms with Gasteiger partial charge in [-0.05, 0) is 36.8 Å². The maximum absolute atomic E-state index is 11.7. The number of methoxy groups -OCH3 is 1. The molecule has 0 N–H and O–H groups in total. The molecule has 0 amide bonds. The van der Waals surface area contributed by atoms with Crippen molar-refractivity contribution in [3.8, 4) is 11.5 Å². The topological polar surface area (TPSA) is 44.8 Å². The molecule has 0 saturated heterocycles. The van der Waals surface area contributed by atoms with Crippen LogP contribution in [0.5, 0.6) is 11.5 Å². The number of carbonyl (C=O) groups excluding carboxylic acids is 1. The molecule has 0 saturated carbocycles. The zero-order chi connectivity index (χ0) is 17.7. The quantitative estimate of drug-likeness (QED) is 0.620. The molecular weight excluding hydrogens is 375 g/mol. The molecule has 4 nitrogen and oxygen atoms in total. The summed E-state index contributed by atoms with van der Waals surface area (Å²) in [5.41, 5.74) is 1.10. The average Bonchev–Trinajstić information content (AvgIpc) is 2.56. The van der Waals surface area contributed by atoms with Gasteiger partial charge in [-0.2, -0.15) is 0 Å². The van der Waals surface area contributed by atoms with Crippen LogP contribution in [0.1, 0.15) is 22.8 Å². The number of carbonyl (C=O) groups is 1. The molecule has 2 aromatic carbocycles. The molecule has 0 unspecified atom stereocenters. The number of ether oxygens (including phenoxy) is 3. The van der Waals surface area contributed by atoms with Gasteiger partial charge in [0.1, 0.15) is 6.61 Å². The van der Waals surface area contributed by atoms with E-state index in [0.29, 0.717) is 28.2 Å². The van der Waals surface area contributed by atoms with Gasteiger partial charge in [0.15, 0.2) is 11.5 Å². The average molecular weight is 390 g/mol. The minimum absolute atomic E-state index is 0.217. The Balaban J connectivity index is 2.27. The monoisotopic (exact) mass is 388 g/mol. The number of halogens is 3. The molecule has 0 aromatic heterocycles. The predicted octanol–water partition coefficient (Wildman–Crippen LogP) is 5.41. The predicted molar refractivity (Wildman–Crippen MR) is 94.8 cm³/mol. The second kappa shape index (κ2) is 8.47. The number of esters is 1. The Morgan fingerprint density at radius 1 is 1.00 bits per heavy atom. The molecule has 0 fully saturated rings. The van der Waals surface area contributed by atoms with Crippen LogP contribution in [-0.4, -0.2) is 19.7 Å². The first kappa shape index (κ1) is 18.7. The van der Waals surface area contributed by atoms with Gasteiger partial charge in [0.2, 0.25) is 0 Å². The Bertz CT molecular complexity index is 747. The van der Waals surface area contributed by atoms with E-state index in [1.165, 1.54) is 19.2 Å². The van der Waals surface area contributed by atoms with E-state index in [9.17, 15) is 4.79 Å². The number of benzene rings is 2. The molecule has 0 aliphatic heterocycles. The summed E-state index contributed by atoms with van der Waals surface area (Å²) in [6.45, 7) is 2.43. The second-order valence-corrected chi connectivity index (χ2v) is 5.97. The fourth-order valence-corrected chi connectivity index (χ4v) is 2.58. The minimum Gasteiger partial charge on any atom is -0.490 e. The van der Waals surface area contributed by atoms with E-state index in [0.717, 1.165) is 5.56 Å². The van der Waals surface area contributed by atoms with Crippen molar-refractivity contribution < 1.29 is 19.0 Å². The van der Waals surface area contributed by atoms with Crippen molar-refractivity contribution in [2.45, 2.75) is 13.5 Å². The van der Waals surface area contributed by atoms with Gasteiger partial charge < -0.3 is 14.2 Å². The lowest BCUT2D eigenvalue weighted by molar-refractivity contribution is 0.0600. The minimum atomic E-state index is -0.506. The molecule has 0 heterocycles. The lowest BCUT2D eigenvalue weighted by Gasteiger charge is -2.15. The number of hydrogen-bond donors (Lipinski definition) is 0. The van der Waals surface area contributed by atoms with Crippen molar-refractivity contribution in [2.24, 2.45) is 0 Å². The highest BCUT2D eigenvalue weighted by Gasteiger charge is 2.17. The largest absolute Gasteiger partial charge is 0.490 e. The van der Waals surface area contributed by atoms with Crippen molar-refractivity contribution in [1.29, 1.82) is 0 Å². The van der Waals surface area contributed by atoms with E-state index in [4.69, 9.17) is 49.0 Å². The summed E-state index contributed by atoms with van der Waals surface area (Å²) >= 11 is 18.1. The lowest BCUT2D eigenvalue weighted by Crippen LogP contribution is -2.05. The van der Waals surface area contributed by atoms with Crippen molar-refractivity contribution in [2.75, 3.05) is 13.7 Å². The van der Waals surface area contributed by atoms with Gasteiger partial charge in [-0.15, -0.1) is 0 Å². The van der Waals surface area contributed by atoms with Crippen LogP contribution in [0.3, 0.4) is 0 Å². The zero-order valence-electron chi connectivity index (χ0n) is 13.1. The van der Waals surface area contributed by atoms with Crippen LogP contribution in [0.4, 0.5) is 0 Å². The summed E-state index contributed by atoms with van der Waals surface area (Å²) in [5, 5.41) is 1.16. The van der Waals surface area contributed by atoms with Crippen LogP contribution in [0.15, 0.2) is 30.3 Å². The number of hydrogen-bond acceptors (Lipinski definition) is 4. The Morgan fingerprint density at radius 3 is 2.38 bits per heavy atom. The molecule has 0 aliphatic rings. The van der Waals surface area contributed by atoms with Gasteiger partial charge in [0.05, 0.1) is 34.3 Å². The highest BCUT2D eigenvalue weighted by molar-refractivity contribution is 6.42. The Labute approximate surface area is 155 Å². The van der Waals surface area contributed by atoms with Crippen LogP contribution in [-0.2, 0) is 11.3 Å². The summed E-state index contributed by atoms with van der Waals surface area (Å²) in [7, 11) is 1.30. The first-order chi connectivity index (χ1) is 11.5. The molecule has 24 heavy (non-hydrogen) atoms. The van der Waals surface area contributed by atoms with Gasteiger partial charge in [0.25, 0.3) is 0 Å². The van der Waals surface area contributed by atoms with Crippen LogP contribution in [0, 0.1) is 0 Å². The van der Waals surface area contributed by atoms with Gasteiger partial charge in [0, 0.05) is 0 Å². The third-order valence-electron chi connectivity index (χ3n) is 3.10. The van der Waals surface area contributed by atoms with Crippen LogP contribution >= 0.6 is 34.8 Å². The molecular formula is C17H15Cl3O4. The summed E-state index contributed by atoms with van der Waals surface area (Å²) in [5.74, 6) is 0.205. The highest BCUT2D eigenvalue weighted by atomic mass is 35.5. The zero-order valence-corrected chi connectivity index (χ0v) is 15.3. The first-order valence-corrected chi connectivity index (χ1v) is 8.21. The summed E-state index contributed by atoms with van der Waals surface area (Å²) in [4.78, 5) is 11.7. The van der Waals surface area contributed by atoms with Gasteiger partial charge in [-0.25, -0.2) is 4.79 Å². The molecule has 0 aliphatic carbocycles. The normalized spacial score (nSPS) is 10.4. The molecule has 0 spiro atoms. The van der Waals surface area contributed by atoms with Gasteiger partial charge in [-0.1, -0.05) is 40.9 Å². The highest BCUT2D eigenvalue weighted by Crippen LogP contribution is 2.37. The van der Waals surface area contributed by atoms with Crippen molar-refractivity contribution in [1.82, 2.24) is 0 Å². The Kier molecular flexibility index (Phi) is 6.60.